The van der Waals surface area contributed by atoms with Gasteiger partial charge in [0.05, 0.1) is 19.8 Å². The van der Waals surface area contributed by atoms with E-state index >= 15 is 0 Å². The van der Waals surface area contributed by atoms with E-state index in [1.165, 1.54) is 0 Å². The number of nitrogens with two attached hydrogens (primary N) is 1. The topological polar surface area (TPSA) is 85.1 Å². The van der Waals surface area contributed by atoms with Crippen LogP contribution >= 0.6 is 0 Å². The molecule has 0 aliphatic carbocycles. The van der Waals surface area contributed by atoms with E-state index in [0.717, 1.165) is 25.9 Å². The van der Waals surface area contributed by atoms with Crippen LogP contribution in [-0.2, 0) is 19.1 Å². The molecule has 3 heterocycles. The molecular formula is C16H27N3O4. The van der Waals surface area contributed by atoms with Gasteiger partial charge in [0.1, 0.15) is 0 Å². The van der Waals surface area contributed by atoms with Crippen molar-refractivity contribution in [2.45, 2.75) is 32.0 Å². The Labute approximate surface area is 137 Å². The van der Waals surface area contributed by atoms with Gasteiger partial charge in [0, 0.05) is 31.5 Å². The zero-order valence-electron chi connectivity index (χ0n) is 13.6. The van der Waals surface area contributed by atoms with Gasteiger partial charge >= 0.3 is 0 Å². The Balaban J connectivity index is 1.45. The van der Waals surface area contributed by atoms with Gasteiger partial charge in [0.15, 0.2) is 6.29 Å². The molecule has 2 N–H and O–H groups in total. The van der Waals surface area contributed by atoms with Gasteiger partial charge in [-0.2, -0.15) is 0 Å². The van der Waals surface area contributed by atoms with Crippen LogP contribution in [0.3, 0.4) is 0 Å². The van der Waals surface area contributed by atoms with Crippen molar-refractivity contribution in [1.82, 2.24) is 9.80 Å². The number of nitrogens with zero attached hydrogens (tertiary/aromatic N) is 2. The maximum Gasteiger partial charge on any atom is 0.236 e. The molecule has 3 rings (SSSR count). The highest BCUT2D eigenvalue weighted by atomic mass is 16.7. The molecule has 0 aromatic carbocycles. The Bertz CT molecular complexity index is 431. The number of primary amides is 1. The molecule has 1 unspecified atom stereocenters. The van der Waals surface area contributed by atoms with Crippen molar-refractivity contribution in [3.63, 3.8) is 0 Å². The summed E-state index contributed by atoms with van der Waals surface area (Å²) in [5, 5.41) is 0. The van der Waals surface area contributed by atoms with Crippen molar-refractivity contribution in [3.05, 3.63) is 0 Å². The van der Waals surface area contributed by atoms with E-state index in [0.29, 0.717) is 51.6 Å². The van der Waals surface area contributed by atoms with Crippen molar-refractivity contribution in [3.8, 4) is 0 Å². The van der Waals surface area contributed by atoms with Gasteiger partial charge in [-0.3, -0.25) is 14.5 Å². The van der Waals surface area contributed by atoms with E-state index in [-0.39, 0.29) is 24.0 Å². The van der Waals surface area contributed by atoms with E-state index < -0.39 is 0 Å². The number of carbonyl (C=O) groups is 2. The van der Waals surface area contributed by atoms with Gasteiger partial charge in [-0.05, 0) is 32.2 Å². The second-order valence-electron chi connectivity index (χ2n) is 6.80. The Morgan fingerprint density at radius 3 is 2.39 bits per heavy atom. The van der Waals surface area contributed by atoms with Gasteiger partial charge in [-0.25, -0.2) is 0 Å². The lowest BCUT2D eigenvalue weighted by Gasteiger charge is -2.36. The molecule has 0 bridgehead atoms. The summed E-state index contributed by atoms with van der Waals surface area (Å²) in [5.74, 6) is 0.198. The quantitative estimate of drug-likeness (QED) is 0.773. The first-order valence-corrected chi connectivity index (χ1v) is 8.66. The summed E-state index contributed by atoms with van der Waals surface area (Å²) in [6.45, 7) is 4.88. The molecule has 130 valence electrons. The van der Waals surface area contributed by atoms with E-state index in [1.807, 2.05) is 4.90 Å². The zero-order chi connectivity index (χ0) is 16.2. The maximum atomic E-state index is 12.5. The fraction of sp³-hybridized carbons (Fsp3) is 0.875. The lowest BCUT2D eigenvalue weighted by atomic mass is 9.96. The molecule has 3 fully saturated rings. The van der Waals surface area contributed by atoms with Crippen LogP contribution in [0, 0.1) is 11.8 Å². The van der Waals surface area contributed by atoms with Crippen LogP contribution < -0.4 is 5.73 Å². The highest BCUT2D eigenvalue weighted by Crippen LogP contribution is 2.25. The molecule has 3 aliphatic rings. The van der Waals surface area contributed by atoms with Crippen LogP contribution in [0.5, 0.6) is 0 Å². The number of piperidine rings is 2. The molecular weight excluding hydrogens is 298 g/mol. The van der Waals surface area contributed by atoms with Crippen LogP contribution in [-0.4, -0.2) is 73.8 Å². The van der Waals surface area contributed by atoms with Gasteiger partial charge in [0.25, 0.3) is 0 Å². The maximum absolute atomic E-state index is 12.5. The number of rotatable bonds is 4. The Hall–Kier alpha value is -1.18. The van der Waals surface area contributed by atoms with Crippen LogP contribution in [0.1, 0.15) is 25.7 Å². The standard InChI is InChI=1S/C16H27N3O4/c17-15(21)12-3-6-19(7-4-12)14(20)11-18-5-1-2-13(10-18)16-22-8-9-23-16/h12-13,16H,1-11H2,(H2,17,21). The third-order valence-electron chi connectivity index (χ3n) is 5.18. The Morgan fingerprint density at radius 1 is 1.04 bits per heavy atom. The molecule has 3 saturated heterocycles. The molecule has 7 nitrogen and oxygen atoms in total. The fourth-order valence-electron chi connectivity index (χ4n) is 3.81. The molecule has 0 aromatic rings. The average molecular weight is 325 g/mol. The largest absolute Gasteiger partial charge is 0.369 e. The summed E-state index contributed by atoms with van der Waals surface area (Å²) in [6, 6.07) is 0. The van der Waals surface area contributed by atoms with Gasteiger partial charge in [-0.1, -0.05) is 0 Å². The second-order valence-corrected chi connectivity index (χ2v) is 6.80. The van der Waals surface area contributed by atoms with E-state index in [4.69, 9.17) is 15.2 Å². The third-order valence-corrected chi connectivity index (χ3v) is 5.18. The van der Waals surface area contributed by atoms with Crippen LogP contribution in [0.15, 0.2) is 0 Å². The lowest BCUT2D eigenvalue weighted by molar-refractivity contribution is -0.138. The summed E-state index contributed by atoms with van der Waals surface area (Å²) >= 11 is 0. The minimum Gasteiger partial charge on any atom is -0.369 e. The molecule has 0 radical (unpaired) electrons. The van der Waals surface area contributed by atoms with Crippen molar-refractivity contribution in [2.24, 2.45) is 17.6 Å². The third kappa shape index (κ3) is 4.22. The molecule has 0 spiro atoms. The average Bonchev–Trinajstić information content (AvgIpc) is 3.10. The predicted molar refractivity (Wildman–Crippen MR) is 83.4 cm³/mol. The molecule has 3 aliphatic heterocycles. The molecule has 7 heteroatoms. The van der Waals surface area contributed by atoms with E-state index in [2.05, 4.69) is 4.90 Å². The van der Waals surface area contributed by atoms with E-state index in [1.54, 1.807) is 0 Å². The number of carbonyl (C=O) groups excluding carboxylic acids is 2. The summed E-state index contributed by atoms with van der Waals surface area (Å²) < 4.78 is 11.2. The fourth-order valence-corrected chi connectivity index (χ4v) is 3.81. The normalized spacial score (nSPS) is 28.2. The second kappa shape index (κ2) is 7.59. The molecule has 0 aromatic heterocycles. The van der Waals surface area contributed by atoms with Crippen LogP contribution in [0.25, 0.3) is 0 Å². The van der Waals surface area contributed by atoms with Gasteiger partial charge < -0.3 is 20.1 Å². The van der Waals surface area contributed by atoms with Gasteiger partial charge in [0.2, 0.25) is 11.8 Å². The lowest BCUT2D eigenvalue weighted by Crippen LogP contribution is -2.48. The summed E-state index contributed by atoms with van der Waals surface area (Å²) in [7, 11) is 0. The van der Waals surface area contributed by atoms with Crippen LogP contribution in [0.4, 0.5) is 0 Å². The van der Waals surface area contributed by atoms with Crippen molar-refractivity contribution in [2.75, 3.05) is 45.9 Å². The molecule has 2 amide bonds. The zero-order valence-corrected chi connectivity index (χ0v) is 13.6. The first-order chi connectivity index (χ1) is 11.1. The number of ether oxygens (including phenoxy) is 2. The Morgan fingerprint density at radius 2 is 1.74 bits per heavy atom. The predicted octanol–water partition coefficient (Wildman–Crippen LogP) is -0.205. The first kappa shape index (κ1) is 16.7. The molecule has 23 heavy (non-hydrogen) atoms. The number of hydrogen-bond acceptors (Lipinski definition) is 5. The highest BCUT2D eigenvalue weighted by molar-refractivity contribution is 5.80. The van der Waals surface area contributed by atoms with Crippen molar-refractivity contribution in [1.29, 1.82) is 0 Å². The Kier molecular flexibility index (Phi) is 5.50. The van der Waals surface area contributed by atoms with Gasteiger partial charge in [-0.15, -0.1) is 0 Å². The van der Waals surface area contributed by atoms with Crippen molar-refractivity contribution < 1.29 is 19.1 Å². The number of likely N-dealkylation sites (tertiary alicyclic amines) is 2. The first-order valence-electron chi connectivity index (χ1n) is 8.66. The number of hydrogen-bond donors (Lipinski definition) is 1. The SMILES string of the molecule is NC(=O)C1CCN(C(=O)CN2CCCC(C3OCCO3)C2)CC1. The summed E-state index contributed by atoms with van der Waals surface area (Å²) in [4.78, 5) is 27.7. The van der Waals surface area contributed by atoms with Crippen molar-refractivity contribution >= 4 is 11.8 Å². The minimum atomic E-state index is -0.243. The molecule has 0 saturated carbocycles. The number of amides is 2. The summed E-state index contributed by atoms with van der Waals surface area (Å²) in [6.07, 6.45) is 3.45. The smallest absolute Gasteiger partial charge is 0.236 e. The van der Waals surface area contributed by atoms with E-state index in [9.17, 15) is 9.59 Å². The molecule has 1 atom stereocenters. The minimum absolute atomic E-state index is 0.0740. The highest BCUT2D eigenvalue weighted by Gasteiger charge is 2.33. The van der Waals surface area contributed by atoms with Crippen LogP contribution in [0.2, 0.25) is 0 Å². The summed E-state index contributed by atoms with van der Waals surface area (Å²) in [5.41, 5.74) is 5.34. The monoisotopic (exact) mass is 325 g/mol.